The number of hydrogen-bond donors (Lipinski definition) is 1. The maximum Gasteiger partial charge on any atom is 0.307 e. The molecular weight excluding hydrogens is 354 g/mol. The Balaban J connectivity index is 1.80. The predicted octanol–water partition coefficient (Wildman–Crippen LogP) is 4.18. The van der Waals surface area contributed by atoms with Crippen LogP contribution in [-0.4, -0.2) is 23.8 Å². The van der Waals surface area contributed by atoms with Gasteiger partial charge >= 0.3 is 5.97 Å². The molecule has 0 fully saturated rings. The van der Waals surface area contributed by atoms with Crippen molar-refractivity contribution in [1.82, 2.24) is 0 Å². The van der Waals surface area contributed by atoms with E-state index < -0.39 is 18.0 Å². The van der Waals surface area contributed by atoms with Gasteiger partial charge in [-0.2, -0.15) is 0 Å². The molecular formula is C20H20ClNO4. The van der Waals surface area contributed by atoms with Gasteiger partial charge in [0.05, 0.1) is 6.42 Å². The van der Waals surface area contributed by atoms with Crippen molar-refractivity contribution in [1.29, 1.82) is 0 Å². The van der Waals surface area contributed by atoms with E-state index >= 15 is 0 Å². The molecule has 2 rings (SSSR count). The molecule has 1 N–H and O–H groups in total. The Bertz CT molecular complexity index is 802. The van der Waals surface area contributed by atoms with Crippen LogP contribution in [0.25, 0.3) is 0 Å². The van der Waals surface area contributed by atoms with Crippen molar-refractivity contribution in [3.05, 3.63) is 64.7 Å². The van der Waals surface area contributed by atoms with Crippen LogP contribution in [0.5, 0.6) is 0 Å². The summed E-state index contributed by atoms with van der Waals surface area (Å²) in [5.41, 5.74) is 2.12. The monoisotopic (exact) mass is 373 g/mol. The van der Waals surface area contributed by atoms with Crippen molar-refractivity contribution in [2.24, 2.45) is 0 Å². The van der Waals surface area contributed by atoms with Gasteiger partial charge in [0.15, 0.2) is 11.9 Å². The average Bonchev–Trinajstić information content (AvgIpc) is 2.60. The molecule has 26 heavy (non-hydrogen) atoms. The molecule has 2 aromatic rings. The minimum absolute atomic E-state index is 0.00663. The topological polar surface area (TPSA) is 72.5 Å². The van der Waals surface area contributed by atoms with Crippen molar-refractivity contribution in [2.75, 3.05) is 5.32 Å². The lowest BCUT2D eigenvalue weighted by molar-refractivity contribution is -0.153. The third kappa shape index (κ3) is 6.01. The van der Waals surface area contributed by atoms with Gasteiger partial charge in [0.25, 0.3) is 5.91 Å². The number of benzene rings is 2. The fraction of sp³-hybridized carbons (Fsp3) is 0.250. The maximum atomic E-state index is 12.1. The van der Waals surface area contributed by atoms with E-state index in [4.69, 9.17) is 16.3 Å². The normalized spacial score (nSPS) is 11.5. The summed E-state index contributed by atoms with van der Waals surface area (Å²) in [7, 11) is 0. The third-order valence-electron chi connectivity index (χ3n) is 3.69. The van der Waals surface area contributed by atoms with Gasteiger partial charge in [-0.25, -0.2) is 0 Å². The van der Waals surface area contributed by atoms with Crippen LogP contribution in [0.2, 0.25) is 5.02 Å². The largest absolute Gasteiger partial charge is 0.453 e. The molecule has 0 aliphatic heterocycles. The number of hydrogen-bond acceptors (Lipinski definition) is 4. The number of aryl methyl sites for hydroxylation is 1. The Labute approximate surface area is 157 Å². The van der Waals surface area contributed by atoms with Crippen LogP contribution >= 0.6 is 11.6 Å². The highest BCUT2D eigenvalue weighted by atomic mass is 35.5. The first-order valence-corrected chi connectivity index (χ1v) is 8.59. The number of Topliss-reactive ketones (excluding diaryl/α,β-unsaturated/α-hetero) is 1. The van der Waals surface area contributed by atoms with Gasteiger partial charge < -0.3 is 10.1 Å². The molecule has 0 heterocycles. The predicted molar refractivity (Wildman–Crippen MR) is 100 cm³/mol. The Morgan fingerprint density at radius 3 is 2.42 bits per heavy atom. The van der Waals surface area contributed by atoms with Gasteiger partial charge in [-0.1, -0.05) is 23.7 Å². The van der Waals surface area contributed by atoms with Crippen LogP contribution in [-0.2, 0) is 14.3 Å². The average molecular weight is 374 g/mol. The number of carbonyl (C=O) groups is 3. The minimum atomic E-state index is -0.950. The number of amides is 1. The van der Waals surface area contributed by atoms with E-state index in [0.29, 0.717) is 16.3 Å². The Morgan fingerprint density at radius 2 is 1.77 bits per heavy atom. The Morgan fingerprint density at radius 1 is 1.08 bits per heavy atom. The van der Waals surface area contributed by atoms with Crippen LogP contribution in [0.15, 0.2) is 48.5 Å². The molecule has 1 atom stereocenters. The molecule has 2 aromatic carbocycles. The minimum Gasteiger partial charge on any atom is -0.453 e. The molecule has 0 saturated carbocycles. The Kier molecular flexibility index (Phi) is 6.92. The molecule has 0 spiro atoms. The first-order chi connectivity index (χ1) is 12.3. The maximum absolute atomic E-state index is 12.1. The lowest BCUT2D eigenvalue weighted by Crippen LogP contribution is -2.30. The summed E-state index contributed by atoms with van der Waals surface area (Å²) >= 11 is 5.77. The van der Waals surface area contributed by atoms with E-state index in [1.807, 2.05) is 25.1 Å². The lowest BCUT2D eigenvalue weighted by Gasteiger charge is -2.13. The van der Waals surface area contributed by atoms with Gasteiger partial charge in [0, 0.05) is 22.7 Å². The van der Waals surface area contributed by atoms with E-state index in [1.54, 1.807) is 30.3 Å². The second kappa shape index (κ2) is 9.15. The van der Waals surface area contributed by atoms with E-state index in [-0.39, 0.29) is 18.6 Å². The van der Waals surface area contributed by atoms with Crippen LogP contribution in [0.3, 0.4) is 0 Å². The number of rotatable bonds is 7. The summed E-state index contributed by atoms with van der Waals surface area (Å²) in [5.74, 6) is -1.21. The third-order valence-corrected chi connectivity index (χ3v) is 3.94. The summed E-state index contributed by atoms with van der Waals surface area (Å²) in [6.07, 6.45) is -1.04. The number of carbonyl (C=O) groups excluding carboxylic acids is 3. The molecule has 0 bridgehead atoms. The molecule has 0 aliphatic carbocycles. The fourth-order valence-corrected chi connectivity index (χ4v) is 2.40. The second-order valence-electron chi connectivity index (χ2n) is 5.92. The van der Waals surface area contributed by atoms with E-state index in [1.165, 1.54) is 6.92 Å². The number of anilines is 1. The van der Waals surface area contributed by atoms with Crippen molar-refractivity contribution in [3.8, 4) is 0 Å². The van der Waals surface area contributed by atoms with Gasteiger partial charge in [-0.15, -0.1) is 0 Å². The highest BCUT2D eigenvalue weighted by molar-refractivity contribution is 6.30. The molecule has 1 unspecified atom stereocenters. The zero-order chi connectivity index (χ0) is 19.1. The molecule has 0 saturated heterocycles. The van der Waals surface area contributed by atoms with E-state index in [0.717, 1.165) is 5.56 Å². The molecule has 0 radical (unpaired) electrons. The number of ether oxygens (including phenoxy) is 1. The van der Waals surface area contributed by atoms with Crippen molar-refractivity contribution < 1.29 is 19.1 Å². The second-order valence-corrected chi connectivity index (χ2v) is 6.36. The molecule has 0 aromatic heterocycles. The van der Waals surface area contributed by atoms with Gasteiger partial charge in [0.2, 0.25) is 0 Å². The molecule has 136 valence electrons. The van der Waals surface area contributed by atoms with Gasteiger partial charge in [-0.05, 0) is 55.8 Å². The SMILES string of the molecule is Cc1cccc(NC(=O)C(C)OC(=O)CCC(=O)c2ccc(Cl)cc2)c1. The highest BCUT2D eigenvalue weighted by Crippen LogP contribution is 2.13. The first kappa shape index (κ1) is 19.7. The van der Waals surface area contributed by atoms with E-state index in [2.05, 4.69) is 5.32 Å². The summed E-state index contributed by atoms with van der Waals surface area (Å²) < 4.78 is 5.10. The molecule has 5 nitrogen and oxygen atoms in total. The molecule has 6 heteroatoms. The van der Waals surface area contributed by atoms with Crippen LogP contribution in [0.4, 0.5) is 5.69 Å². The van der Waals surface area contributed by atoms with Crippen LogP contribution in [0, 0.1) is 6.92 Å². The van der Waals surface area contributed by atoms with Crippen LogP contribution < -0.4 is 5.32 Å². The summed E-state index contributed by atoms with van der Waals surface area (Å²) in [6.45, 7) is 3.40. The fourth-order valence-electron chi connectivity index (χ4n) is 2.27. The standard InChI is InChI=1S/C20H20ClNO4/c1-13-4-3-5-17(12-13)22-20(25)14(2)26-19(24)11-10-18(23)15-6-8-16(21)9-7-15/h3-9,12,14H,10-11H2,1-2H3,(H,22,25). The number of nitrogens with one attached hydrogen (secondary N) is 1. The van der Waals surface area contributed by atoms with Gasteiger partial charge in [0.1, 0.15) is 0 Å². The number of esters is 1. The zero-order valence-corrected chi connectivity index (χ0v) is 15.4. The number of halogens is 1. The number of ketones is 1. The lowest BCUT2D eigenvalue weighted by atomic mass is 10.1. The summed E-state index contributed by atoms with van der Waals surface area (Å²) in [6, 6.07) is 13.7. The van der Waals surface area contributed by atoms with Crippen LogP contribution in [0.1, 0.15) is 35.7 Å². The zero-order valence-electron chi connectivity index (χ0n) is 14.6. The smallest absolute Gasteiger partial charge is 0.307 e. The van der Waals surface area contributed by atoms with E-state index in [9.17, 15) is 14.4 Å². The molecule has 1 amide bonds. The summed E-state index contributed by atoms with van der Waals surface area (Å²) in [5, 5.41) is 3.22. The van der Waals surface area contributed by atoms with Crippen molar-refractivity contribution in [2.45, 2.75) is 32.8 Å². The first-order valence-electron chi connectivity index (χ1n) is 8.21. The highest BCUT2D eigenvalue weighted by Gasteiger charge is 2.19. The van der Waals surface area contributed by atoms with Crippen molar-refractivity contribution in [3.63, 3.8) is 0 Å². The molecule has 0 aliphatic rings. The van der Waals surface area contributed by atoms with Crippen molar-refractivity contribution >= 4 is 34.9 Å². The Hall–Kier alpha value is -2.66. The quantitative estimate of drug-likeness (QED) is 0.583. The van der Waals surface area contributed by atoms with Gasteiger partial charge in [-0.3, -0.25) is 14.4 Å². The summed E-state index contributed by atoms with van der Waals surface area (Å²) in [4.78, 5) is 36.0.